The van der Waals surface area contributed by atoms with Crippen molar-refractivity contribution in [1.82, 2.24) is 10.2 Å². The number of nitriles is 1. The van der Waals surface area contributed by atoms with E-state index in [2.05, 4.69) is 11.4 Å². The highest BCUT2D eigenvalue weighted by Crippen LogP contribution is 2.41. The molecule has 0 radical (unpaired) electrons. The molecule has 2 heterocycles. The summed E-state index contributed by atoms with van der Waals surface area (Å²) in [5.41, 5.74) is -4.17. The van der Waals surface area contributed by atoms with Gasteiger partial charge in [-0.3, -0.25) is 4.79 Å². The zero-order valence-electron chi connectivity index (χ0n) is 20.6. The third-order valence-electron chi connectivity index (χ3n) is 7.47. The number of carbonyl (C=O) groups excluding carboxylic acids is 1. The smallest absolute Gasteiger partial charge is 0.372 e. The van der Waals surface area contributed by atoms with Crippen LogP contribution in [0.25, 0.3) is 0 Å². The average Bonchev–Trinajstić information content (AvgIpc) is 3.33. The zero-order valence-corrected chi connectivity index (χ0v) is 20.6. The van der Waals surface area contributed by atoms with Crippen LogP contribution in [0.15, 0.2) is 48.5 Å². The summed E-state index contributed by atoms with van der Waals surface area (Å²) in [5.74, 6) is -0.0875. The number of ether oxygens (including phenoxy) is 1. The molecule has 3 atom stereocenters. The van der Waals surface area contributed by atoms with E-state index in [1.807, 2.05) is 18.2 Å². The van der Waals surface area contributed by atoms with Gasteiger partial charge in [-0.25, -0.2) is 0 Å². The molecular weight excluding hydrogens is 512 g/mol. The number of nitrogens with zero attached hydrogens (tertiary/aromatic N) is 2. The number of piperidine rings is 1. The van der Waals surface area contributed by atoms with E-state index in [-0.39, 0.29) is 30.7 Å². The molecule has 38 heavy (non-hydrogen) atoms. The number of likely N-dealkylation sites (tertiary alicyclic amines) is 1. The van der Waals surface area contributed by atoms with Gasteiger partial charge in [0.1, 0.15) is 5.54 Å². The fraction of sp³-hybridized carbons (Fsp3) is 0.481. The normalized spacial score (nSPS) is 25.3. The van der Waals surface area contributed by atoms with Crippen LogP contribution in [0, 0.1) is 11.3 Å². The van der Waals surface area contributed by atoms with Crippen molar-refractivity contribution in [2.45, 2.75) is 62.1 Å². The minimum atomic E-state index is -4.96. The summed E-state index contributed by atoms with van der Waals surface area (Å²) in [7, 11) is 0. The van der Waals surface area contributed by atoms with E-state index in [4.69, 9.17) is 4.74 Å². The van der Waals surface area contributed by atoms with Gasteiger partial charge in [-0.2, -0.15) is 31.6 Å². The fourth-order valence-electron chi connectivity index (χ4n) is 5.19. The molecule has 2 aliphatic heterocycles. The van der Waals surface area contributed by atoms with Crippen LogP contribution in [0.1, 0.15) is 61.0 Å². The monoisotopic (exact) mass is 539 g/mol. The predicted octanol–water partition coefficient (Wildman–Crippen LogP) is 5.97. The Balaban J connectivity index is 1.60. The first-order valence-electron chi connectivity index (χ1n) is 12.2. The van der Waals surface area contributed by atoms with Crippen LogP contribution >= 0.6 is 0 Å². The molecule has 2 fully saturated rings. The van der Waals surface area contributed by atoms with Crippen molar-refractivity contribution in [3.05, 3.63) is 70.8 Å². The maximum atomic E-state index is 13.3. The van der Waals surface area contributed by atoms with E-state index < -0.39 is 40.7 Å². The van der Waals surface area contributed by atoms with Gasteiger partial charge in [0.25, 0.3) is 0 Å². The highest BCUT2D eigenvalue weighted by molar-refractivity contribution is 5.79. The van der Waals surface area contributed by atoms with Gasteiger partial charge in [-0.15, -0.1) is 0 Å². The zero-order chi connectivity index (χ0) is 27.8. The number of alkyl halides is 6. The molecule has 11 heteroatoms. The van der Waals surface area contributed by atoms with Gasteiger partial charge in [0, 0.05) is 19.5 Å². The number of benzene rings is 2. The quantitative estimate of drug-likeness (QED) is 0.460. The van der Waals surface area contributed by atoms with E-state index in [0.717, 1.165) is 5.56 Å². The molecule has 0 bridgehead atoms. The number of carbonyl (C=O) groups is 1. The molecule has 0 aliphatic carbocycles. The lowest BCUT2D eigenvalue weighted by Gasteiger charge is -2.48. The van der Waals surface area contributed by atoms with Crippen LogP contribution in [-0.2, 0) is 27.4 Å². The largest absolute Gasteiger partial charge is 0.416 e. The SMILES string of the molecule is C[C@@H](OC[C@@]1(c2ccccc2)CC[C@](C#N)(N2CCCC2=O)CN1)c1cc(C(F)(F)F)cc(C(F)(F)F)c1. The summed E-state index contributed by atoms with van der Waals surface area (Å²) in [4.78, 5) is 14.0. The van der Waals surface area contributed by atoms with Crippen molar-refractivity contribution in [3.63, 3.8) is 0 Å². The number of halogens is 6. The molecular formula is C27H27F6N3O2. The minimum absolute atomic E-state index is 0.0781. The maximum absolute atomic E-state index is 13.3. The molecule has 2 aliphatic rings. The Hall–Kier alpha value is -3.10. The summed E-state index contributed by atoms with van der Waals surface area (Å²) in [6, 6.07) is 12.8. The summed E-state index contributed by atoms with van der Waals surface area (Å²) in [5, 5.41) is 13.4. The van der Waals surface area contributed by atoms with Crippen molar-refractivity contribution in [1.29, 1.82) is 5.26 Å². The molecule has 4 rings (SSSR count). The molecule has 0 spiro atoms. The molecule has 0 saturated carbocycles. The van der Waals surface area contributed by atoms with Crippen LogP contribution in [0.2, 0.25) is 0 Å². The third kappa shape index (κ3) is 5.52. The molecule has 2 saturated heterocycles. The van der Waals surface area contributed by atoms with Crippen molar-refractivity contribution >= 4 is 5.91 Å². The fourth-order valence-corrected chi connectivity index (χ4v) is 5.19. The molecule has 5 nitrogen and oxygen atoms in total. The first-order valence-corrected chi connectivity index (χ1v) is 12.2. The van der Waals surface area contributed by atoms with E-state index >= 15 is 0 Å². The van der Waals surface area contributed by atoms with E-state index in [1.165, 1.54) is 6.92 Å². The van der Waals surface area contributed by atoms with Crippen molar-refractivity contribution < 1.29 is 35.9 Å². The first-order chi connectivity index (χ1) is 17.8. The number of amides is 1. The number of nitrogens with one attached hydrogen (secondary N) is 1. The highest BCUT2D eigenvalue weighted by atomic mass is 19.4. The highest BCUT2D eigenvalue weighted by Gasteiger charge is 2.49. The van der Waals surface area contributed by atoms with Gasteiger partial charge in [0.05, 0.1) is 35.4 Å². The summed E-state index contributed by atoms with van der Waals surface area (Å²) in [6.07, 6.45) is -9.27. The van der Waals surface area contributed by atoms with Crippen molar-refractivity contribution in [2.75, 3.05) is 19.7 Å². The Morgan fingerprint density at radius 1 is 1.05 bits per heavy atom. The number of hydrogen-bond donors (Lipinski definition) is 1. The van der Waals surface area contributed by atoms with Crippen LogP contribution in [0.3, 0.4) is 0 Å². The Bertz CT molecular complexity index is 1170. The molecule has 204 valence electrons. The molecule has 2 aromatic carbocycles. The van der Waals surface area contributed by atoms with E-state index in [1.54, 1.807) is 17.0 Å². The van der Waals surface area contributed by atoms with Crippen LogP contribution < -0.4 is 5.32 Å². The van der Waals surface area contributed by atoms with Gasteiger partial charge in [-0.1, -0.05) is 30.3 Å². The summed E-state index contributed by atoms with van der Waals surface area (Å²) in [6.45, 7) is 1.95. The Morgan fingerprint density at radius 2 is 1.68 bits per heavy atom. The molecule has 1 amide bonds. The lowest BCUT2D eigenvalue weighted by Crippen LogP contribution is -2.64. The lowest BCUT2D eigenvalue weighted by atomic mass is 9.76. The topological polar surface area (TPSA) is 65.4 Å². The van der Waals surface area contributed by atoms with Gasteiger partial charge < -0.3 is 15.0 Å². The number of rotatable bonds is 6. The molecule has 0 unspecified atom stereocenters. The Morgan fingerprint density at radius 3 is 2.16 bits per heavy atom. The standard InChI is InChI=1S/C27H27F6N3O2/c1-18(19-12-21(26(28,29)30)14-22(13-19)27(31,32)33)38-17-25(20-6-3-2-4-7-20)10-9-24(15-34,16-35-25)36-11-5-8-23(36)37/h2-4,6-7,12-14,18,35H,5,8-11,16-17H2,1H3/t18-,24-,25-/m1/s1. The van der Waals surface area contributed by atoms with E-state index in [0.29, 0.717) is 44.4 Å². The predicted molar refractivity (Wildman–Crippen MR) is 125 cm³/mol. The summed E-state index contributed by atoms with van der Waals surface area (Å²) >= 11 is 0. The maximum Gasteiger partial charge on any atom is 0.416 e. The van der Waals surface area contributed by atoms with Crippen molar-refractivity contribution in [2.24, 2.45) is 0 Å². The minimum Gasteiger partial charge on any atom is -0.372 e. The van der Waals surface area contributed by atoms with Gasteiger partial charge >= 0.3 is 12.4 Å². The van der Waals surface area contributed by atoms with Crippen LogP contribution in [0.5, 0.6) is 0 Å². The van der Waals surface area contributed by atoms with Crippen LogP contribution in [-0.4, -0.2) is 36.0 Å². The van der Waals surface area contributed by atoms with Crippen LogP contribution in [0.4, 0.5) is 26.3 Å². The van der Waals surface area contributed by atoms with Gasteiger partial charge in [0.15, 0.2) is 0 Å². The number of hydrogen-bond acceptors (Lipinski definition) is 4. The Kier molecular flexibility index (Phi) is 7.51. The lowest BCUT2D eigenvalue weighted by molar-refractivity contribution is -0.143. The van der Waals surface area contributed by atoms with Gasteiger partial charge in [-0.05, 0) is 55.5 Å². The molecule has 1 N–H and O–H groups in total. The summed E-state index contributed by atoms with van der Waals surface area (Å²) < 4.78 is 86.0. The van der Waals surface area contributed by atoms with E-state index in [9.17, 15) is 36.4 Å². The molecule has 0 aromatic heterocycles. The van der Waals surface area contributed by atoms with Crippen molar-refractivity contribution in [3.8, 4) is 6.07 Å². The first kappa shape index (κ1) is 27.9. The Labute approximate surface area is 216 Å². The second-order valence-electron chi connectivity index (χ2n) is 9.89. The molecule has 2 aromatic rings. The second-order valence-corrected chi connectivity index (χ2v) is 9.89. The van der Waals surface area contributed by atoms with Gasteiger partial charge in [0.2, 0.25) is 5.91 Å². The third-order valence-corrected chi connectivity index (χ3v) is 7.47. The average molecular weight is 540 g/mol. The second kappa shape index (κ2) is 10.2.